The predicted molar refractivity (Wildman–Crippen MR) is 169 cm³/mol. The molecule has 4 heteroatoms. The predicted octanol–water partition coefficient (Wildman–Crippen LogP) is 8.56. The van der Waals surface area contributed by atoms with Gasteiger partial charge in [0.1, 0.15) is 11.5 Å². The molecule has 0 saturated carbocycles. The zero-order chi connectivity index (χ0) is 28.3. The SMILES string of the molecule is COc1cc(OC)cc(-n2c3cc4c(cc3c3ncccc32)C(c2ccccc2)(c2ccccc2)c2ccccc2-4)c1. The monoisotopic (exact) mass is 544 g/mol. The topological polar surface area (TPSA) is 36.3 Å². The van der Waals surface area contributed by atoms with Crippen molar-refractivity contribution in [3.8, 4) is 28.3 Å². The molecule has 0 bridgehead atoms. The van der Waals surface area contributed by atoms with Gasteiger partial charge in [-0.05, 0) is 57.6 Å². The van der Waals surface area contributed by atoms with E-state index in [4.69, 9.17) is 14.5 Å². The Morgan fingerprint density at radius 1 is 0.571 bits per heavy atom. The summed E-state index contributed by atoms with van der Waals surface area (Å²) in [5, 5.41) is 1.11. The first-order valence-electron chi connectivity index (χ1n) is 14.1. The van der Waals surface area contributed by atoms with Gasteiger partial charge in [0.15, 0.2) is 0 Å². The molecule has 1 aliphatic carbocycles. The minimum Gasteiger partial charge on any atom is -0.497 e. The van der Waals surface area contributed by atoms with Crippen molar-refractivity contribution in [1.82, 2.24) is 9.55 Å². The Labute approximate surface area is 244 Å². The summed E-state index contributed by atoms with van der Waals surface area (Å²) in [5.74, 6) is 1.48. The second kappa shape index (κ2) is 9.35. The summed E-state index contributed by atoms with van der Waals surface area (Å²) in [6, 6.07) is 45.5. The van der Waals surface area contributed by atoms with Gasteiger partial charge >= 0.3 is 0 Å². The van der Waals surface area contributed by atoms with Gasteiger partial charge < -0.3 is 14.0 Å². The molecular weight excluding hydrogens is 516 g/mol. The number of aromatic nitrogens is 2. The number of ether oxygens (including phenoxy) is 2. The fraction of sp³-hybridized carbons (Fsp3) is 0.0789. The third-order valence-corrected chi connectivity index (χ3v) is 8.69. The van der Waals surface area contributed by atoms with Crippen molar-refractivity contribution in [3.05, 3.63) is 156 Å². The van der Waals surface area contributed by atoms with Crippen LogP contribution in [-0.4, -0.2) is 23.8 Å². The van der Waals surface area contributed by atoms with Gasteiger partial charge in [-0.15, -0.1) is 0 Å². The van der Waals surface area contributed by atoms with Gasteiger partial charge in [-0.3, -0.25) is 4.98 Å². The highest BCUT2D eigenvalue weighted by molar-refractivity contribution is 6.10. The maximum absolute atomic E-state index is 5.66. The van der Waals surface area contributed by atoms with Crippen LogP contribution in [0.3, 0.4) is 0 Å². The van der Waals surface area contributed by atoms with Crippen molar-refractivity contribution in [2.75, 3.05) is 14.2 Å². The van der Waals surface area contributed by atoms with E-state index in [1.165, 1.54) is 33.4 Å². The molecule has 0 aliphatic heterocycles. The van der Waals surface area contributed by atoms with E-state index < -0.39 is 5.41 Å². The zero-order valence-electron chi connectivity index (χ0n) is 23.4. The lowest BCUT2D eigenvalue weighted by molar-refractivity contribution is 0.394. The molecule has 0 fully saturated rings. The summed E-state index contributed by atoms with van der Waals surface area (Å²) >= 11 is 0. The lowest BCUT2D eigenvalue weighted by atomic mass is 9.67. The van der Waals surface area contributed by atoms with E-state index in [0.717, 1.165) is 39.1 Å². The molecular formula is C38H28N2O2. The first-order chi connectivity index (χ1) is 20.7. The maximum atomic E-state index is 5.66. The van der Waals surface area contributed by atoms with Crippen LogP contribution in [0.5, 0.6) is 11.5 Å². The Bertz CT molecular complexity index is 2050. The molecule has 42 heavy (non-hydrogen) atoms. The van der Waals surface area contributed by atoms with Crippen molar-refractivity contribution in [2.45, 2.75) is 5.41 Å². The Morgan fingerprint density at radius 2 is 1.21 bits per heavy atom. The number of methoxy groups -OCH3 is 2. The van der Waals surface area contributed by atoms with Gasteiger partial charge in [0.05, 0.1) is 41.9 Å². The van der Waals surface area contributed by atoms with Crippen molar-refractivity contribution in [1.29, 1.82) is 0 Å². The van der Waals surface area contributed by atoms with Crippen LogP contribution in [0.25, 0.3) is 38.8 Å². The van der Waals surface area contributed by atoms with Crippen molar-refractivity contribution >= 4 is 21.9 Å². The molecule has 0 N–H and O–H groups in total. The fourth-order valence-electron chi connectivity index (χ4n) is 6.97. The largest absolute Gasteiger partial charge is 0.497 e. The van der Waals surface area contributed by atoms with E-state index in [9.17, 15) is 0 Å². The number of benzene rings is 5. The lowest BCUT2D eigenvalue weighted by Crippen LogP contribution is -2.28. The molecule has 0 amide bonds. The standard InChI is InChI=1S/C38H28N2O2/c1-41-28-20-27(21-29(22-28)42-2)40-35-18-11-19-39-37(35)32-23-34-31(24-36(32)40)30-16-9-10-17-33(30)38(34,25-12-5-3-6-13-25)26-14-7-4-8-15-26/h3-24H,1-2H3. The molecule has 202 valence electrons. The summed E-state index contributed by atoms with van der Waals surface area (Å²) in [6.07, 6.45) is 1.88. The van der Waals surface area contributed by atoms with E-state index in [2.05, 4.69) is 108 Å². The number of hydrogen-bond acceptors (Lipinski definition) is 3. The quantitative estimate of drug-likeness (QED) is 0.218. The number of hydrogen-bond donors (Lipinski definition) is 0. The summed E-state index contributed by atoms with van der Waals surface area (Å²) in [6.45, 7) is 0. The average molecular weight is 545 g/mol. The third kappa shape index (κ3) is 3.32. The molecule has 5 aromatic carbocycles. The number of rotatable bonds is 5. The van der Waals surface area contributed by atoms with Gasteiger partial charge in [0.25, 0.3) is 0 Å². The molecule has 0 unspecified atom stereocenters. The van der Waals surface area contributed by atoms with Crippen molar-refractivity contribution < 1.29 is 9.47 Å². The van der Waals surface area contributed by atoms with E-state index >= 15 is 0 Å². The van der Waals surface area contributed by atoms with Crippen LogP contribution < -0.4 is 9.47 Å². The number of fused-ring (bicyclic) bond motifs is 6. The highest BCUT2D eigenvalue weighted by Crippen LogP contribution is 2.57. The van der Waals surface area contributed by atoms with Gasteiger partial charge in [-0.2, -0.15) is 0 Å². The van der Waals surface area contributed by atoms with Gasteiger partial charge in [0.2, 0.25) is 0 Å². The second-order valence-electron chi connectivity index (χ2n) is 10.7. The van der Waals surface area contributed by atoms with Crippen LogP contribution in [0.2, 0.25) is 0 Å². The lowest BCUT2D eigenvalue weighted by Gasteiger charge is -2.33. The number of nitrogens with zero attached hydrogens (tertiary/aromatic N) is 2. The van der Waals surface area contributed by atoms with Gasteiger partial charge in [-0.25, -0.2) is 0 Å². The first-order valence-corrected chi connectivity index (χ1v) is 14.1. The summed E-state index contributed by atoms with van der Waals surface area (Å²) in [4.78, 5) is 4.93. The first kappa shape index (κ1) is 24.4. The summed E-state index contributed by atoms with van der Waals surface area (Å²) < 4.78 is 13.6. The molecule has 7 aromatic rings. The molecule has 4 nitrogen and oxygen atoms in total. The molecule has 0 radical (unpaired) electrons. The molecule has 0 saturated heterocycles. The molecule has 2 heterocycles. The maximum Gasteiger partial charge on any atom is 0.124 e. The van der Waals surface area contributed by atoms with Gasteiger partial charge in [-0.1, -0.05) is 84.9 Å². The fourth-order valence-corrected chi connectivity index (χ4v) is 6.97. The zero-order valence-corrected chi connectivity index (χ0v) is 23.4. The molecule has 0 atom stereocenters. The van der Waals surface area contributed by atoms with Crippen LogP contribution in [0.15, 0.2) is 134 Å². The highest BCUT2D eigenvalue weighted by Gasteiger charge is 2.46. The average Bonchev–Trinajstić information content (AvgIpc) is 3.54. The second-order valence-corrected chi connectivity index (χ2v) is 10.7. The Balaban J connectivity index is 1.54. The van der Waals surface area contributed by atoms with Crippen molar-refractivity contribution in [3.63, 3.8) is 0 Å². The molecule has 2 aromatic heterocycles. The van der Waals surface area contributed by atoms with E-state index in [1.807, 2.05) is 30.5 Å². The van der Waals surface area contributed by atoms with Crippen LogP contribution in [0, 0.1) is 0 Å². The normalized spacial score (nSPS) is 13.2. The minimum absolute atomic E-state index is 0.467. The van der Waals surface area contributed by atoms with Crippen LogP contribution in [0.1, 0.15) is 22.3 Å². The Morgan fingerprint density at radius 3 is 1.88 bits per heavy atom. The Hall–Kier alpha value is -5.35. The van der Waals surface area contributed by atoms with Crippen molar-refractivity contribution in [2.24, 2.45) is 0 Å². The summed E-state index contributed by atoms with van der Waals surface area (Å²) in [7, 11) is 3.37. The molecule has 0 spiro atoms. The smallest absolute Gasteiger partial charge is 0.124 e. The third-order valence-electron chi connectivity index (χ3n) is 8.69. The van der Waals surface area contributed by atoms with Gasteiger partial charge in [0, 0.05) is 29.8 Å². The number of pyridine rings is 1. The van der Waals surface area contributed by atoms with Crippen LogP contribution in [-0.2, 0) is 5.41 Å². The Kier molecular flexibility index (Phi) is 5.44. The highest BCUT2D eigenvalue weighted by atomic mass is 16.5. The van der Waals surface area contributed by atoms with Crippen LogP contribution >= 0.6 is 0 Å². The molecule has 8 rings (SSSR count). The van der Waals surface area contributed by atoms with E-state index in [-0.39, 0.29) is 0 Å². The minimum atomic E-state index is -0.467. The summed E-state index contributed by atoms with van der Waals surface area (Å²) in [5.41, 5.74) is 11.1. The van der Waals surface area contributed by atoms with E-state index in [0.29, 0.717) is 0 Å². The van der Waals surface area contributed by atoms with E-state index in [1.54, 1.807) is 14.2 Å². The van der Waals surface area contributed by atoms with Crippen LogP contribution in [0.4, 0.5) is 0 Å². The molecule has 1 aliphatic rings.